The van der Waals surface area contributed by atoms with Gasteiger partial charge < -0.3 is 25.2 Å². The Bertz CT molecular complexity index is 891. The first kappa shape index (κ1) is 20.6. The minimum Gasteiger partial charge on any atom is -0.739 e. The zero-order chi connectivity index (χ0) is 21.0. The summed E-state index contributed by atoms with van der Waals surface area (Å²) in [5.74, 6) is -1.73. The molecule has 2 N–H and O–H groups in total. The first-order valence-electron chi connectivity index (χ1n) is 8.44. The third-order valence-corrected chi connectivity index (χ3v) is 3.87. The van der Waals surface area contributed by atoms with Crippen LogP contribution in [-0.4, -0.2) is 43.2 Å². The number of carbonyl (C=O) groups is 1. The minimum atomic E-state index is -4.95. The van der Waals surface area contributed by atoms with E-state index >= 15 is 0 Å². The number of fused-ring (bicyclic) bond motifs is 1. The van der Waals surface area contributed by atoms with E-state index in [0.717, 1.165) is 31.2 Å². The molecule has 0 radical (unpaired) electrons. The van der Waals surface area contributed by atoms with Crippen LogP contribution in [-0.2, 0) is 14.4 Å². The van der Waals surface area contributed by atoms with Crippen LogP contribution in [0.5, 0.6) is 5.75 Å². The number of alkyl halides is 3. The number of carbonyl (C=O) groups excluding carboxylic acids is 1. The Morgan fingerprint density at radius 1 is 1.34 bits per heavy atom. The molecule has 1 saturated heterocycles. The van der Waals surface area contributed by atoms with Crippen molar-refractivity contribution in [2.24, 2.45) is 0 Å². The minimum absolute atomic E-state index is 0.0555. The number of esters is 1. The van der Waals surface area contributed by atoms with Gasteiger partial charge in [0, 0.05) is 11.4 Å². The maximum atomic E-state index is 12.3. The van der Waals surface area contributed by atoms with Crippen molar-refractivity contribution in [1.82, 2.24) is 10.4 Å². The molecular weight excluding hydrogens is 403 g/mol. The fraction of sp³-hybridized carbons (Fsp3) is 0.467. The summed E-state index contributed by atoms with van der Waals surface area (Å²) < 4.78 is 45.9. The quantitative estimate of drug-likeness (QED) is 0.210. The largest absolute Gasteiger partial charge is 0.739 e. The lowest BCUT2D eigenvalue weighted by Crippen LogP contribution is -2.44. The van der Waals surface area contributed by atoms with E-state index < -0.39 is 29.5 Å². The molecule has 1 unspecified atom stereocenters. The van der Waals surface area contributed by atoms with E-state index in [9.17, 15) is 28.4 Å². The summed E-state index contributed by atoms with van der Waals surface area (Å²) in [6, 6.07) is 2.58. The number of hydrogen-bond donors (Lipinski definition) is 2. The smallest absolute Gasteiger partial charge is 0.573 e. The van der Waals surface area contributed by atoms with Crippen LogP contribution in [0.25, 0.3) is 11.0 Å². The maximum Gasteiger partial charge on any atom is 0.573 e. The van der Waals surface area contributed by atoms with Gasteiger partial charge in [-0.15, -0.1) is 18.7 Å². The second-order valence-electron chi connectivity index (χ2n) is 5.99. The van der Waals surface area contributed by atoms with Crippen molar-refractivity contribution < 1.29 is 41.9 Å². The molecule has 1 aliphatic rings. The van der Waals surface area contributed by atoms with Crippen LogP contribution < -0.4 is 25.1 Å². The van der Waals surface area contributed by atoms with Gasteiger partial charge in [0.2, 0.25) is 5.10 Å². The van der Waals surface area contributed by atoms with Gasteiger partial charge in [-0.05, 0) is 25.1 Å². The Labute approximate surface area is 161 Å². The van der Waals surface area contributed by atoms with E-state index in [1.165, 1.54) is 0 Å². The topological polar surface area (TPSA) is 136 Å². The van der Waals surface area contributed by atoms with Gasteiger partial charge in [0.15, 0.2) is 5.52 Å². The van der Waals surface area contributed by atoms with E-state index in [1.54, 1.807) is 0 Å². The number of ether oxygens (including phenoxy) is 2. The number of hydrogen-bond acceptors (Lipinski definition) is 9. The van der Waals surface area contributed by atoms with Gasteiger partial charge >= 0.3 is 23.8 Å². The third kappa shape index (κ3) is 5.45. The van der Waals surface area contributed by atoms with Crippen molar-refractivity contribution in [2.45, 2.75) is 25.3 Å². The molecule has 1 fully saturated rings. The summed E-state index contributed by atoms with van der Waals surface area (Å²) in [5.41, 5.74) is 1.42. The van der Waals surface area contributed by atoms with E-state index in [-0.39, 0.29) is 34.2 Å². The average molecular weight is 419 g/mol. The average Bonchev–Trinajstić information content (AvgIpc) is 3.14. The molecule has 3 rings (SSSR count). The normalized spacial score (nSPS) is 16.7. The number of nitrogens with zero attached hydrogens (tertiary/aromatic N) is 3. The van der Waals surface area contributed by atoms with Gasteiger partial charge in [0.05, 0.1) is 19.1 Å². The molecule has 0 aliphatic carbocycles. The Morgan fingerprint density at radius 3 is 2.83 bits per heavy atom. The molecule has 29 heavy (non-hydrogen) atoms. The molecular formula is C15H16F3N5O6. The number of benzene rings is 1. The summed E-state index contributed by atoms with van der Waals surface area (Å²) in [6.45, 7) is 1.18. The zero-order valence-corrected chi connectivity index (χ0v) is 14.8. The maximum absolute atomic E-state index is 12.3. The van der Waals surface area contributed by atoms with Crippen LogP contribution >= 0.6 is 0 Å². The first-order valence-corrected chi connectivity index (χ1v) is 8.44. The predicted octanol–water partition coefficient (Wildman–Crippen LogP) is 0.0389. The molecule has 0 amide bonds. The molecule has 1 aromatic carbocycles. The fourth-order valence-electron chi connectivity index (χ4n) is 2.61. The number of halogens is 3. The second-order valence-corrected chi connectivity index (χ2v) is 5.99. The van der Waals surface area contributed by atoms with Crippen LogP contribution in [0, 0.1) is 10.4 Å². The number of anilines is 1. The molecule has 0 bridgehead atoms. The lowest BCUT2D eigenvalue weighted by atomic mass is 10.3. The molecule has 0 spiro atoms. The van der Waals surface area contributed by atoms with Gasteiger partial charge in [-0.1, -0.05) is 0 Å². The van der Waals surface area contributed by atoms with Gasteiger partial charge in [0.25, 0.3) is 0 Å². The highest BCUT2D eigenvalue weighted by molar-refractivity contribution is 5.70. The van der Waals surface area contributed by atoms with Gasteiger partial charge in [-0.2, -0.15) is 0 Å². The summed E-state index contributed by atoms with van der Waals surface area (Å²) >= 11 is 0. The van der Waals surface area contributed by atoms with Crippen molar-refractivity contribution in [3.63, 3.8) is 0 Å². The summed E-state index contributed by atoms with van der Waals surface area (Å²) in [6.07, 6.45) is -4.52. The van der Waals surface area contributed by atoms with Gasteiger partial charge in [-0.25, -0.2) is 9.57 Å². The lowest BCUT2D eigenvalue weighted by Gasteiger charge is -2.12. The third-order valence-electron chi connectivity index (χ3n) is 3.87. The molecule has 14 heteroatoms. The lowest BCUT2D eigenvalue weighted by molar-refractivity contribution is -0.672. The standard InChI is InChI=1S/C15H16F3N5O6/c16-15(17,18)29-9-1-2-11-12(7-9)23(26)20-14(22(11)25)21-27-6-4-13(24)28-10-3-5-19-8-10/h1-2,7,10,19H,3-6,8H2,(H,20,21). The van der Waals surface area contributed by atoms with Crippen LogP contribution in [0.2, 0.25) is 0 Å². The first-order chi connectivity index (χ1) is 13.7. The molecule has 1 aromatic heterocycles. The van der Waals surface area contributed by atoms with Crippen molar-refractivity contribution in [2.75, 3.05) is 25.2 Å². The molecule has 0 saturated carbocycles. The molecule has 1 atom stereocenters. The molecule has 1 aliphatic heterocycles. The van der Waals surface area contributed by atoms with E-state index in [2.05, 4.69) is 20.6 Å². The molecule has 158 valence electrons. The second kappa shape index (κ2) is 8.48. The highest BCUT2D eigenvalue weighted by atomic mass is 19.4. The molecule has 2 aromatic rings. The van der Waals surface area contributed by atoms with Crippen LogP contribution in [0.15, 0.2) is 18.2 Å². The fourth-order valence-corrected chi connectivity index (χ4v) is 2.61. The molecule has 11 nitrogen and oxygen atoms in total. The summed E-state index contributed by atoms with van der Waals surface area (Å²) in [7, 11) is 0. The summed E-state index contributed by atoms with van der Waals surface area (Å²) in [5, 5.41) is 30.6. The van der Waals surface area contributed by atoms with Crippen molar-refractivity contribution in [1.29, 1.82) is 0 Å². The predicted molar refractivity (Wildman–Crippen MR) is 87.9 cm³/mol. The van der Waals surface area contributed by atoms with Crippen molar-refractivity contribution in [3.8, 4) is 5.75 Å². The summed E-state index contributed by atoms with van der Waals surface area (Å²) in [4.78, 5) is 16.5. The van der Waals surface area contributed by atoms with Gasteiger partial charge in [-0.3, -0.25) is 4.79 Å². The Morgan fingerprint density at radius 2 is 2.14 bits per heavy atom. The monoisotopic (exact) mass is 419 g/mol. The zero-order valence-electron chi connectivity index (χ0n) is 14.8. The SMILES string of the molecule is O=C(CCONc1n[n+]([O-])c2cc(OC(F)(F)F)ccc2[n+]1[O-])OC1CCNC1. The highest BCUT2D eigenvalue weighted by Gasteiger charge is 2.32. The van der Waals surface area contributed by atoms with Gasteiger partial charge in [0.1, 0.15) is 11.9 Å². The Kier molecular flexibility index (Phi) is 6.03. The van der Waals surface area contributed by atoms with Crippen LogP contribution in [0.1, 0.15) is 12.8 Å². The highest BCUT2D eigenvalue weighted by Crippen LogP contribution is 2.24. The number of nitrogens with one attached hydrogen (secondary N) is 2. The number of aromatic nitrogens is 3. The number of rotatable bonds is 7. The van der Waals surface area contributed by atoms with Crippen molar-refractivity contribution in [3.05, 3.63) is 28.6 Å². The van der Waals surface area contributed by atoms with E-state index in [1.807, 2.05) is 0 Å². The Balaban J connectivity index is 1.60. The van der Waals surface area contributed by atoms with E-state index in [0.29, 0.717) is 6.54 Å². The van der Waals surface area contributed by atoms with E-state index in [4.69, 9.17) is 9.57 Å². The molecule has 2 heterocycles. The van der Waals surface area contributed by atoms with Crippen LogP contribution in [0.4, 0.5) is 19.1 Å². The Hall–Kier alpha value is -3.13. The van der Waals surface area contributed by atoms with Crippen LogP contribution in [0.3, 0.4) is 0 Å². The van der Waals surface area contributed by atoms with Crippen molar-refractivity contribution >= 4 is 23.0 Å².